The van der Waals surface area contributed by atoms with Gasteiger partial charge in [0.15, 0.2) is 0 Å². The Morgan fingerprint density at radius 3 is 2.68 bits per heavy atom. The van der Waals surface area contributed by atoms with Gasteiger partial charge < -0.3 is 9.73 Å². The van der Waals surface area contributed by atoms with Crippen molar-refractivity contribution in [3.05, 3.63) is 51.9 Å². The Balaban J connectivity index is 1.62. The van der Waals surface area contributed by atoms with Crippen LogP contribution in [-0.2, 0) is 6.54 Å². The zero-order valence-electron chi connectivity index (χ0n) is 10.6. The fourth-order valence-electron chi connectivity index (χ4n) is 2.20. The molecule has 1 saturated carbocycles. The third kappa shape index (κ3) is 2.90. The van der Waals surface area contributed by atoms with Gasteiger partial charge in [-0.3, -0.25) is 0 Å². The molecule has 0 radical (unpaired) electrons. The smallest absolute Gasteiger partial charge is 0.123 e. The van der Waals surface area contributed by atoms with E-state index >= 15 is 0 Å². The third-order valence-electron chi connectivity index (χ3n) is 3.54. The second-order valence-corrected chi connectivity index (χ2v) is 5.92. The molecule has 2 aromatic rings. The van der Waals surface area contributed by atoms with E-state index < -0.39 is 0 Å². The molecule has 0 bridgehead atoms. The lowest BCUT2D eigenvalue weighted by molar-refractivity contribution is 0.468. The van der Waals surface area contributed by atoms with Gasteiger partial charge in [0.1, 0.15) is 11.5 Å². The summed E-state index contributed by atoms with van der Waals surface area (Å²) in [4.78, 5) is 0. The molecular weight excluding hydrogens is 281 g/mol. The summed E-state index contributed by atoms with van der Waals surface area (Å²) in [5.41, 5.74) is 0.937. The average molecular weight is 296 g/mol. The molecule has 0 amide bonds. The van der Waals surface area contributed by atoms with Crippen LogP contribution < -0.4 is 5.32 Å². The minimum absolute atomic E-state index is 0.554. The van der Waals surface area contributed by atoms with Crippen molar-refractivity contribution >= 4 is 28.9 Å². The SMILES string of the molecule is CC1CC1c1ccc(CNc2ccc(Cl)c(Cl)c2)o1. The van der Waals surface area contributed by atoms with Gasteiger partial charge in [0.05, 0.1) is 16.6 Å². The summed E-state index contributed by atoms with van der Waals surface area (Å²) >= 11 is 11.8. The summed E-state index contributed by atoms with van der Waals surface area (Å²) < 4.78 is 5.83. The van der Waals surface area contributed by atoms with Crippen molar-refractivity contribution in [1.82, 2.24) is 0 Å². The van der Waals surface area contributed by atoms with E-state index in [-0.39, 0.29) is 0 Å². The van der Waals surface area contributed by atoms with Crippen LogP contribution in [0.25, 0.3) is 0 Å². The molecule has 4 heteroatoms. The molecule has 0 saturated heterocycles. The Hall–Kier alpha value is -1.12. The van der Waals surface area contributed by atoms with Gasteiger partial charge in [0.2, 0.25) is 0 Å². The number of hydrogen-bond acceptors (Lipinski definition) is 2. The van der Waals surface area contributed by atoms with Crippen LogP contribution in [0.1, 0.15) is 30.8 Å². The van der Waals surface area contributed by atoms with E-state index in [2.05, 4.69) is 18.3 Å². The number of anilines is 1. The van der Waals surface area contributed by atoms with E-state index in [0.717, 1.165) is 23.1 Å². The molecule has 3 rings (SSSR count). The highest BCUT2D eigenvalue weighted by molar-refractivity contribution is 6.42. The Morgan fingerprint density at radius 1 is 1.21 bits per heavy atom. The molecule has 19 heavy (non-hydrogen) atoms. The first-order valence-corrected chi connectivity index (χ1v) is 7.16. The summed E-state index contributed by atoms with van der Waals surface area (Å²) in [6.45, 7) is 2.90. The lowest BCUT2D eigenvalue weighted by Crippen LogP contribution is -1.97. The number of halogens is 2. The van der Waals surface area contributed by atoms with Gasteiger partial charge in [-0.25, -0.2) is 0 Å². The first kappa shape index (κ1) is 12.9. The molecule has 2 unspecified atom stereocenters. The van der Waals surface area contributed by atoms with Crippen molar-refractivity contribution in [2.45, 2.75) is 25.8 Å². The van der Waals surface area contributed by atoms with Gasteiger partial charge in [-0.15, -0.1) is 0 Å². The van der Waals surface area contributed by atoms with Crippen LogP contribution in [-0.4, -0.2) is 0 Å². The molecule has 2 atom stereocenters. The van der Waals surface area contributed by atoms with Crippen LogP contribution in [0.5, 0.6) is 0 Å². The maximum atomic E-state index is 5.97. The molecule has 1 aromatic heterocycles. The number of furan rings is 1. The average Bonchev–Trinajstić information content (AvgIpc) is 2.94. The highest BCUT2D eigenvalue weighted by Gasteiger charge is 2.36. The Bertz CT molecular complexity index is 594. The molecule has 1 N–H and O–H groups in total. The van der Waals surface area contributed by atoms with Gasteiger partial charge in [-0.1, -0.05) is 30.1 Å². The van der Waals surface area contributed by atoms with E-state index in [1.165, 1.54) is 6.42 Å². The van der Waals surface area contributed by atoms with Gasteiger partial charge >= 0.3 is 0 Å². The number of nitrogens with one attached hydrogen (secondary N) is 1. The maximum absolute atomic E-state index is 5.97. The Morgan fingerprint density at radius 2 is 2.00 bits per heavy atom. The number of rotatable bonds is 4. The first-order valence-electron chi connectivity index (χ1n) is 6.41. The minimum atomic E-state index is 0.554. The summed E-state index contributed by atoms with van der Waals surface area (Å²) in [6.07, 6.45) is 1.24. The minimum Gasteiger partial charge on any atom is -0.464 e. The van der Waals surface area contributed by atoms with Crippen molar-refractivity contribution in [3.8, 4) is 0 Å². The molecule has 1 aliphatic rings. The van der Waals surface area contributed by atoms with Crippen molar-refractivity contribution in [2.24, 2.45) is 5.92 Å². The molecule has 100 valence electrons. The van der Waals surface area contributed by atoms with E-state index in [0.29, 0.717) is 22.5 Å². The standard InChI is InChI=1S/C15H15Cl2NO/c1-9-6-12(9)15-5-3-11(19-15)8-18-10-2-4-13(16)14(17)7-10/h2-5,7,9,12,18H,6,8H2,1H3. The predicted molar refractivity (Wildman–Crippen MR) is 79.0 cm³/mol. The molecule has 0 spiro atoms. The van der Waals surface area contributed by atoms with E-state index in [1.807, 2.05) is 18.2 Å². The molecule has 1 aromatic carbocycles. The highest BCUT2D eigenvalue weighted by atomic mass is 35.5. The van der Waals surface area contributed by atoms with E-state index in [4.69, 9.17) is 27.6 Å². The lowest BCUT2D eigenvalue weighted by Gasteiger charge is -2.05. The normalized spacial score (nSPS) is 21.4. The number of benzene rings is 1. The van der Waals surface area contributed by atoms with Crippen LogP contribution >= 0.6 is 23.2 Å². The Kier molecular flexibility index (Phi) is 3.46. The maximum Gasteiger partial charge on any atom is 0.123 e. The molecule has 1 aliphatic carbocycles. The molecule has 2 nitrogen and oxygen atoms in total. The van der Waals surface area contributed by atoms with Crippen molar-refractivity contribution in [1.29, 1.82) is 0 Å². The summed E-state index contributed by atoms with van der Waals surface area (Å²) in [5, 5.41) is 4.40. The van der Waals surface area contributed by atoms with Gasteiger partial charge in [0.25, 0.3) is 0 Å². The van der Waals surface area contributed by atoms with Crippen LogP contribution in [0.4, 0.5) is 5.69 Å². The predicted octanol–water partition coefficient (Wildman–Crippen LogP) is 5.32. The fourth-order valence-corrected chi connectivity index (χ4v) is 2.50. The largest absolute Gasteiger partial charge is 0.464 e. The zero-order valence-corrected chi connectivity index (χ0v) is 12.1. The lowest BCUT2D eigenvalue weighted by atomic mass is 10.3. The van der Waals surface area contributed by atoms with E-state index in [9.17, 15) is 0 Å². The number of hydrogen-bond donors (Lipinski definition) is 1. The van der Waals surface area contributed by atoms with Gasteiger partial charge in [-0.05, 0) is 42.7 Å². The second-order valence-electron chi connectivity index (χ2n) is 5.11. The van der Waals surface area contributed by atoms with Crippen molar-refractivity contribution in [2.75, 3.05) is 5.32 Å². The summed E-state index contributed by atoms with van der Waals surface area (Å²) in [7, 11) is 0. The third-order valence-corrected chi connectivity index (χ3v) is 4.28. The van der Waals surface area contributed by atoms with Gasteiger partial charge in [0, 0.05) is 11.6 Å². The monoisotopic (exact) mass is 295 g/mol. The fraction of sp³-hybridized carbons (Fsp3) is 0.333. The molecule has 0 aliphatic heterocycles. The quantitative estimate of drug-likeness (QED) is 0.825. The van der Waals surface area contributed by atoms with Crippen molar-refractivity contribution in [3.63, 3.8) is 0 Å². The molecular formula is C15H15Cl2NO. The van der Waals surface area contributed by atoms with Crippen LogP contribution in [0.2, 0.25) is 10.0 Å². The van der Waals surface area contributed by atoms with Gasteiger partial charge in [-0.2, -0.15) is 0 Å². The van der Waals surface area contributed by atoms with Crippen molar-refractivity contribution < 1.29 is 4.42 Å². The highest BCUT2D eigenvalue weighted by Crippen LogP contribution is 2.47. The summed E-state index contributed by atoms with van der Waals surface area (Å²) in [6, 6.07) is 9.62. The van der Waals surface area contributed by atoms with E-state index in [1.54, 1.807) is 6.07 Å². The molecule has 1 fully saturated rings. The van der Waals surface area contributed by atoms with Crippen LogP contribution in [0, 0.1) is 5.92 Å². The first-order chi connectivity index (χ1) is 9.13. The zero-order chi connectivity index (χ0) is 13.4. The Labute approximate surface area is 122 Å². The summed E-state index contributed by atoms with van der Waals surface area (Å²) in [5.74, 6) is 3.44. The topological polar surface area (TPSA) is 25.2 Å². The van der Waals surface area contributed by atoms with Crippen LogP contribution in [0.15, 0.2) is 34.7 Å². The van der Waals surface area contributed by atoms with Crippen LogP contribution in [0.3, 0.4) is 0 Å². The second kappa shape index (κ2) is 5.10. The molecule has 1 heterocycles.